The minimum absolute atomic E-state index is 0.128. The van der Waals surface area contributed by atoms with E-state index in [2.05, 4.69) is 21.9 Å². The summed E-state index contributed by atoms with van der Waals surface area (Å²) in [5.74, 6) is 0.323. The zero-order valence-corrected chi connectivity index (χ0v) is 24.9. The van der Waals surface area contributed by atoms with Gasteiger partial charge in [-0.25, -0.2) is 23.9 Å². The van der Waals surface area contributed by atoms with Crippen molar-refractivity contribution >= 4 is 29.0 Å². The molecule has 0 unspecified atom stereocenters. The van der Waals surface area contributed by atoms with Crippen molar-refractivity contribution in [1.29, 1.82) is 0 Å². The second-order valence-electron chi connectivity index (χ2n) is 12.5. The van der Waals surface area contributed by atoms with E-state index in [4.69, 9.17) is 14.2 Å². The van der Waals surface area contributed by atoms with Gasteiger partial charge in [-0.15, -0.1) is 0 Å². The lowest BCUT2D eigenvalue weighted by Gasteiger charge is -2.34. The van der Waals surface area contributed by atoms with Crippen LogP contribution in [-0.2, 0) is 9.47 Å². The van der Waals surface area contributed by atoms with E-state index in [9.17, 15) is 14.0 Å². The monoisotopic (exact) mass is 566 g/mol. The van der Waals surface area contributed by atoms with Crippen LogP contribution in [0, 0.1) is 11.7 Å². The van der Waals surface area contributed by atoms with Crippen molar-refractivity contribution in [2.75, 3.05) is 31.6 Å². The van der Waals surface area contributed by atoms with Gasteiger partial charge < -0.3 is 19.1 Å². The first-order valence-electron chi connectivity index (χ1n) is 13.8. The van der Waals surface area contributed by atoms with E-state index in [1.807, 2.05) is 26.8 Å². The van der Waals surface area contributed by atoms with E-state index in [-0.39, 0.29) is 17.5 Å². The second-order valence-corrected chi connectivity index (χ2v) is 12.5. The van der Waals surface area contributed by atoms with Gasteiger partial charge in [-0.2, -0.15) is 0 Å². The lowest BCUT2D eigenvalue weighted by Crippen LogP contribution is -2.43. The topological polar surface area (TPSA) is 94.1 Å². The molecule has 1 saturated heterocycles. The molecule has 0 spiro atoms. The Hall–Kier alpha value is -3.79. The summed E-state index contributed by atoms with van der Waals surface area (Å²) >= 11 is 0. The highest BCUT2D eigenvalue weighted by atomic mass is 19.1. The number of anilines is 1. The third kappa shape index (κ3) is 8.13. The number of ether oxygens (including phenoxy) is 3. The van der Waals surface area contributed by atoms with Gasteiger partial charge in [0.2, 0.25) is 0 Å². The predicted molar refractivity (Wildman–Crippen MR) is 156 cm³/mol. The number of hydrogen-bond acceptors (Lipinski definition) is 8. The van der Waals surface area contributed by atoms with Gasteiger partial charge in [-0.1, -0.05) is 12.1 Å². The van der Waals surface area contributed by atoms with Crippen molar-refractivity contribution in [2.45, 2.75) is 65.6 Å². The number of halogens is 1. The Balaban J connectivity index is 1.86. The molecule has 0 aliphatic carbocycles. The zero-order valence-electron chi connectivity index (χ0n) is 24.9. The van der Waals surface area contributed by atoms with Crippen molar-refractivity contribution in [1.82, 2.24) is 14.9 Å². The van der Waals surface area contributed by atoms with Crippen molar-refractivity contribution in [3.8, 4) is 16.9 Å². The number of nitrogens with zero attached hydrogens (tertiary/aromatic N) is 4. The Labute approximate surface area is 240 Å². The fourth-order valence-corrected chi connectivity index (χ4v) is 4.65. The summed E-state index contributed by atoms with van der Waals surface area (Å²) in [6.07, 6.45) is 1.76. The molecule has 9 nitrogen and oxygen atoms in total. The molecular formula is C31H39FN4O5. The molecule has 0 radical (unpaired) electrons. The molecular weight excluding hydrogens is 527 g/mol. The van der Waals surface area contributed by atoms with E-state index in [0.29, 0.717) is 34.4 Å². The number of piperidine rings is 1. The van der Waals surface area contributed by atoms with Gasteiger partial charge in [0.25, 0.3) is 0 Å². The van der Waals surface area contributed by atoms with Crippen molar-refractivity contribution in [2.24, 2.45) is 5.92 Å². The summed E-state index contributed by atoms with van der Waals surface area (Å²) in [5, 5.41) is 0.478. The minimum atomic E-state index is -0.898. The number of aromatic nitrogens is 2. The molecule has 2 aromatic carbocycles. The van der Waals surface area contributed by atoms with Crippen LogP contribution >= 0.6 is 0 Å². The lowest BCUT2D eigenvalue weighted by atomic mass is 9.96. The van der Waals surface area contributed by atoms with Gasteiger partial charge in [0.15, 0.2) is 5.75 Å². The van der Waals surface area contributed by atoms with Gasteiger partial charge >= 0.3 is 12.2 Å². The molecule has 1 aliphatic heterocycles. The van der Waals surface area contributed by atoms with Crippen molar-refractivity contribution in [3.63, 3.8) is 0 Å². The molecule has 10 heteroatoms. The predicted octanol–water partition coefficient (Wildman–Crippen LogP) is 6.83. The van der Waals surface area contributed by atoms with Crippen LogP contribution in [0.2, 0.25) is 0 Å². The molecule has 2 heterocycles. The number of rotatable bonds is 5. The third-order valence-corrected chi connectivity index (χ3v) is 6.59. The molecule has 0 atom stereocenters. The van der Waals surface area contributed by atoms with Crippen LogP contribution in [0.25, 0.3) is 22.0 Å². The highest BCUT2D eigenvalue weighted by molar-refractivity contribution is 6.02. The molecule has 1 amide bonds. The van der Waals surface area contributed by atoms with Crippen LogP contribution < -0.4 is 9.64 Å². The standard InChI is InChI=1S/C31H39FN4O5/c1-30(2,3)40-28(37)36(18-20-12-14-35(7)15-13-20)27-24-16-22(21-8-10-23(32)11-9-21)17-25(26(24)33-19-34-27)39-29(38)41-31(4,5)6/h8-11,16-17,19-20H,12-15,18H2,1-7H3. The second kappa shape index (κ2) is 12.0. The van der Waals surface area contributed by atoms with Crippen molar-refractivity contribution < 1.29 is 28.2 Å². The zero-order chi connectivity index (χ0) is 29.9. The Bertz CT molecular complexity index is 1390. The number of carbonyl (C=O) groups is 2. The van der Waals surface area contributed by atoms with E-state index in [1.165, 1.54) is 18.5 Å². The summed E-state index contributed by atoms with van der Waals surface area (Å²) in [4.78, 5) is 39.1. The van der Waals surface area contributed by atoms with E-state index < -0.39 is 23.5 Å². The number of likely N-dealkylation sites (tertiary alicyclic amines) is 1. The Morgan fingerprint density at radius 1 is 0.951 bits per heavy atom. The fraction of sp³-hybridized carbons (Fsp3) is 0.484. The molecule has 0 saturated carbocycles. The first-order valence-corrected chi connectivity index (χ1v) is 13.8. The minimum Gasteiger partial charge on any atom is -0.443 e. The normalized spacial score (nSPS) is 15.0. The third-order valence-electron chi connectivity index (χ3n) is 6.59. The number of carbonyl (C=O) groups excluding carboxylic acids is 2. The van der Waals surface area contributed by atoms with Crippen LogP contribution in [0.15, 0.2) is 42.7 Å². The maximum absolute atomic E-state index is 13.7. The molecule has 1 aliphatic rings. The summed E-state index contributed by atoms with van der Waals surface area (Å²) in [5.41, 5.74) is 0.119. The molecule has 1 fully saturated rings. The van der Waals surface area contributed by atoms with Crippen LogP contribution in [0.3, 0.4) is 0 Å². The smallest absolute Gasteiger partial charge is 0.443 e. The van der Waals surface area contributed by atoms with Gasteiger partial charge in [-0.3, -0.25) is 4.90 Å². The number of benzene rings is 2. The first-order chi connectivity index (χ1) is 19.2. The molecule has 0 N–H and O–H groups in total. The SMILES string of the molecule is CN1CCC(CN(C(=O)OC(C)(C)C)c2ncnc3c(OC(=O)OC(C)(C)C)cc(-c4ccc(F)cc4)cc23)CC1. The summed E-state index contributed by atoms with van der Waals surface area (Å²) in [7, 11) is 2.09. The molecule has 1 aromatic heterocycles. The number of amides is 1. The molecule has 0 bridgehead atoms. The van der Waals surface area contributed by atoms with Gasteiger partial charge in [0.05, 0.1) is 0 Å². The highest BCUT2D eigenvalue weighted by Crippen LogP contribution is 2.37. The van der Waals surface area contributed by atoms with Crippen LogP contribution in [0.4, 0.5) is 19.8 Å². The fourth-order valence-electron chi connectivity index (χ4n) is 4.65. The Morgan fingerprint density at radius 3 is 2.20 bits per heavy atom. The van der Waals surface area contributed by atoms with Crippen molar-refractivity contribution in [3.05, 3.63) is 48.5 Å². The van der Waals surface area contributed by atoms with Crippen LogP contribution in [0.1, 0.15) is 54.4 Å². The van der Waals surface area contributed by atoms with E-state index in [0.717, 1.165) is 25.9 Å². The maximum Gasteiger partial charge on any atom is 0.514 e. The average Bonchev–Trinajstić information content (AvgIpc) is 2.86. The van der Waals surface area contributed by atoms with Gasteiger partial charge in [0, 0.05) is 11.9 Å². The maximum atomic E-state index is 13.7. The molecule has 220 valence electrons. The molecule has 3 aromatic rings. The van der Waals surface area contributed by atoms with Gasteiger partial charge in [-0.05, 0) is 116 Å². The molecule has 41 heavy (non-hydrogen) atoms. The number of fused-ring (bicyclic) bond motifs is 1. The quantitative estimate of drug-likeness (QED) is 0.245. The largest absolute Gasteiger partial charge is 0.514 e. The van der Waals surface area contributed by atoms with E-state index in [1.54, 1.807) is 43.9 Å². The first kappa shape index (κ1) is 30.2. The lowest BCUT2D eigenvalue weighted by molar-refractivity contribution is 0.0208. The van der Waals surface area contributed by atoms with Crippen LogP contribution in [-0.4, -0.2) is 65.0 Å². The summed E-state index contributed by atoms with van der Waals surface area (Å²) < 4.78 is 30.6. The summed E-state index contributed by atoms with van der Waals surface area (Å²) in [6, 6.07) is 9.41. The Morgan fingerprint density at radius 2 is 1.59 bits per heavy atom. The van der Waals surface area contributed by atoms with Crippen LogP contribution in [0.5, 0.6) is 5.75 Å². The molecule has 4 rings (SSSR count). The summed E-state index contributed by atoms with van der Waals surface area (Å²) in [6.45, 7) is 12.9. The van der Waals surface area contributed by atoms with E-state index >= 15 is 0 Å². The average molecular weight is 567 g/mol. The Kier molecular flexibility index (Phi) is 8.82. The number of hydrogen-bond donors (Lipinski definition) is 0. The highest BCUT2D eigenvalue weighted by Gasteiger charge is 2.30. The van der Waals surface area contributed by atoms with Gasteiger partial charge in [0.1, 0.15) is 34.7 Å².